The molecule has 1 aromatic rings. The second-order valence-electron chi connectivity index (χ2n) is 1.07. The van der Waals surface area contributed by atoms with Crippen LogP contribution in [0.1, 0.15) is 4.11 Å². The van der Waals surface area contributed by atoms with Crippen molar-refractivity contribution in [2.75, 3.05) is 0 Å². The summed E-state index contributed by atoms with van der Waals surface area (Å²) in [5.41, 5.74) is 0. The van der Waals surface area contributed by atoms with Crippen molar-refractivity contribution in [3.05, 3.63) is 17.4 Å². The molecule has 0 unspecified atom stereocenters. The van der Waals surface area contributed by atoms with Crippen molar-refractivity contribution in [3.8, 4) is 0 Å². The molecule has 0 saturated carbocycles. The number of aryl methyl sites for hydroxylation is 1. The summed E-state index contributed by atoms with van der Waals surface area (Å²) in [5.74, 6) is 0. The molecule has 38 valence electrons. The molecule has 3 heteroatoms. The maximum absolute atomic E-state index is 6.88. The molecule has 0 fully saturated rings. The van der Waals surface area contributed by atoms with Gasteiger partial charge in [0, 0.05) is 11.1 Å². The molecule has 0 bridgehead atoms. The lowest BCUT2D eigenvalue weighted by Gasteiger charge is -1.84. The van der Waals surface area contributed by atoms with E-state index >= 15 is 0 Å². The van der Waals surface area contributed by atoms with Crippen LogP contribution in [0.15, 0.2) is 12.3 Å². The molecule has 7 heavy (non-hydrogen) atoms. The van der Waals surface area contributed by atoms with Crippen molar-refractivity contribution in [1.82, 2.24) is 9.78 Å². The van der Waals surface area contributed by atoms with Gasteiger partial charge >= 0.3 is 0 Å². The predicted octanol–water partition coefficient (Wildman–Crippen LogP) is 1.07. The van der Waals surface area contributed by atoms with Crippen molar-refractivity contribution in [1.29, 1.82) is 0 Å². The van der Waals surface area contributed by atoms with Gasteiger partial charge in [-0.2, -0.15) is 5.10 Å². The van der Waals surface area contributed by atoms with Crippen molar-refractivity contribution in [2.45, 2.75) is 0 Å². The van der Waals surface area contributed by atoms with Gasteiger partial charge in [0.25, 0.3) is 0 Å². The molecule has 0 N–H and O–H groups in total. The number of nitrogens with zero attached hydrogens (tertiary/aromatic N) is 2. The summed E-state index contributed by atoms with van der Waals surface area (Å²) in [7, 11) is 0. The SMILES string of the molecule is [2H]C([2H])([2H])n1nccc1Cl. The van der Waals surface area contributed by atoms with E-state index in [0.717, 1.165) is 4.68 Å². The Bertz CT molecular complexity index is 229. The van der Waals surface area contributed by atoms with Gasteiger partial charge in [-0.15, -0.1) is 0 Å². The molecule has 0 amide bonds. The zero-order chi connectivity index (χ0) is 7.78. The van der Waals surface area contributed by atoms with E-state index in [1.54, 1.807) is 0 Å². The lowest BCUT2D eigenvalue weighted by Crippen LogP contribution is -1.86. The fraction of sp³-hybridized carbons (Fsp3) is 0.250. The highest BCUT2D eigenvalue weighted by molar-refractivity contribution is 6.29. The van der Waals surface area contributed by atoms with Gasteiger partial charge in [0.15, 0.2) is 0 Å². The van der Waals surface area contributed by atoms with Crippen LogP contribution >= 0.6 is 11.6 Å². The number of halogens is 1. The maximum atomic E-state index is 6.88. The number of hydrogen-bond acceptors (Lipinski definition) is 1. The standard InChI is InChI=1S/C4H5ClN2/c1-7-4(5)2-3-6-7/h2-3H,1H3/i1D3. The molecule has 0 atom stereocenters. The van der Waals surface area contributed by atoms with Crippen molar-refractivity contribution in [2.24, 2.45) is 6.98 Å². The van der Waals surface area contributed by atoms with E-state index in [-0.39, 0.29) is 5.15 Å². The van der Waals surface area contributed by atoms with Crippen LogP contribution in [-0.4, -0.2) is 9.78 Å². The van der Waals surface area contributed by atoms with Crippen LogP contribution in [0.5, 0.6) is 0 Å². The number of aromatic nitrogens is 2. The summed E-state index contributed by atoms with van der Waals surface area (Å²) < 4.78 is 21.4. The second kappa shape index (κ2) is 1.54. The molecule has 1 heterocycles. The topological polar surface area (TPSA) is 17.8 Å². The van der Waals surface area contributed by atoms with Crippen molar-refractivity contribution >= 4 is 11.6 Å². The molecule has 0 aliphatic heterocycles. The molecule has 0 radical (unpaired) electrons. The van der Waals surface area contributed by atoms with Gasteiger partial charge in [0.2, 0.25) is 0 Å². The Labute approximate surface area is 50.9 Å². The van der Waals surface area contributed by atoms with Gasteiger partial charge in [-0.05, 0) is 6.07 Å². The maximum Gasteiger partial charge on any atom is 0.126 e. The molecule has 1 rings (SSSR count). The molecular weight excluding hydrogens is 112 g/mol. The minimum absolute atomic E-state index is 0.125. The Balaban J connectivity index is 3.05. The van der Waals surface area contributed by atoms with Gasteiger partial charge in [-0.25, -0.2) is 0 Å². The number of hydrogen-bond donors (Lipinski definition) is 0. The van der Waals surface area contributed by atoms with Crippen molar-refractivity contribution < 1.29 is 4.11 Å². The lowest BCUT2D eigenvalue weighted by atomic mass is 10.7. The van der Waals surface area contributed by atoms with E-state index < -0.39 is 6.98 Å². The van der Waals surface area contributed by atoms with Crippen LogP contribution in [0.25, 0.3) is 0 Å². The first kappa shape index (κ1) is 2.18. The first-order valence-corrected chi connectivity index (χ1v) is 2.09. The van der Waals surface area contributed by atoms with Crippen LogP contribution in [0.4, 0.5) is 0 Å². The normalized spacial score (nSPS) is 17.6. The highest BCUT2D eigenvalue weighted by Crippen LogP contribution is 2.01. The highest BCUT2D eigenvalue weighted by Gasteiger charge is 1.86. The minimum Gasteiger partial charge on any atom is -0.257 e. The zero-order valence-electron chi connectivity index (χ0n) is 6.43. The Morgan fingerprint density at radius 2 is 3.00 bits per heavy atom. The Morgan fingerprint density at radius 3 is 3.29 bits per heavy atom. The zero-order valence-corrected chi connectivity index (χ0v) is 4.18. The van der Waals surface area contributed by atoms with E-state index in [9.17, 15) is 0 Å². The Kier molecular flexibility index (Phi) is 0.480. The summed E-state index contributed by atoms with van der Waals surface area (Å²) in [6.45, 7) is -2.26. The molecular formula is C4H5ClN2. The fourth-order valence-corrected chi connectivity index (χ4v) is 0.387. The van der Waals surface area contributed by atoms with Gasteiger partial charge in [0.05, 0.1) is 6.20 Å². The molecule has 0 aliphatic rings. The largest absolute Gasteiger partial charge is 0.257 e. The van der Waals surface area contributed by atoms with E-state index in [4.69, 9.17) is 15.7 Å². The first-order chi connectivity index (χ1) is 4.52. The monoisotopic (exact) mass is 119 g/mol. The van der Waals surface area contributed by atoms with Gasteiger partial charge in [0.1, 0.15) is 5.15 Å². The van der Waals surface area contributed by atoms with Crippen LogP contribution in [0, 0.1) is 0 Å². The minimum atomic E-state index is -2.26. The third kappa shape index (κ3) is 0.747. The summed E-state index contributed by atoms with van der Waals surface area (Å²) in [5, 5.41) is 3.63. The Morgan fingerprint density at radius 1 is 2.14 bits per heavy atom. The van der Waals surface area contributed by atoms with E-state index in [2.05, 4.69) is 5.10 Å². The van der Waals surface area contributed by atoms with E-state index in [0.29, 0.717) is 0 Å². The fourth-order valence-electron chi connectivity index (χ4n) is 0.287. The average molecular weight is 120 g/mol. The van der Waals surface area contributed by atoms with Gasteiger partial charge in [-0.1, -0.05) is 11.6 Å². The summed E-state index contributed by atoms with van der Waals surface area (Å²) in [6, 6.07) is 1.42. The van der Waals surface area contributed by atoms with Crippen LogP contribution in [0.3, 0.4) is 0 Å². The average Bonchev–Trinajstić information content (AvgIpc) is 2.11. The quantitative estimate of drug-likeness (QED) is 0.500. The van der Waals surface area contributed by atoms with E-state index in [1.165, 1.54) is 12.3 Å². The Hall–Kier alpha value is -0.500. The summed E-state index contributed by atoms with van der Waals surface area (Å²) >= 11 is 5.46. The van der Waals surface area contributed by atoms with Crippen molar-refractivity contribution in [3.63, 3.8) is 0 Å². The lowest BCUT2D eigenvalue weighted by molar-refractivity contribution is 0.768. The summed E-state index contributed by atoms with van der Waals surface area (Å²) in [6.07, 6.45) is 1.34. The third-order valence-electron chi connectivity index (χ3n) is 0.597. The molecule has 1 aromatic heterocycles. The van der Waals surface area contributed by atoms with Gasteiger partial charge < -0.3 is 0 Å². The molecule has 0 aromatic carbocycles. The predicted molar refractivity (Wildman–Crippen MR) is 28.2 cm³/mol. The molecule has 0 spiro atoms. The van der Waals surface area contributed by atoms with E-state index in [1.807, 2.05) is 0 Å². The van der Waals surface area contributed by atoms with Crippen LogP contribution in [-0.2, 0) is 6.98 Å². The first-order valence-electron chi connectivity index (χ1n) is 3.22. The van der Waals surface area contributed by atoms with Crippen LogP contribution in [0.2, 0.25) is 5.15 Å². The molecule has 2 nitrogen and oxygen atoms in total. The summed E-state index contributed by atoms with van der Waals surface area (Å²) in [4.78, 5) is 0. The second-order valence-corrected chi connectivity index (χ2v) is 1.45. The number of rotatable bonds is 0. The molecule has 0 aliphatic carbocycles. The smallest absolute Gasteiger partial charge is 0.126 e. The molecule has 0 saturated heterocycles. The van der Waals surface area contributed by atoms with Gasteiger partial charge in [-0.3, -0.25) is 4.68 Å². The highest BCUT2D eigenvalue weighted by atomic mass is 35.5. The third-order valence-corrected chi connectivity index (χ3v) is 0.883. The van der Waals surface area contributed by atoms with Crippen LogP contribution < -0.4 is 0 Å².